The van der Waals surface area contributed by atoms with Crippen molar-refractivity contribution in [1.82, 2.24) is 0 Å². The van der Waals surface area contributed by atoms with Gasteiger partial charge in [-0.05, 0) is 79.9 Å². The molecule has 0 aromatic heterocycles. The molecule has 0 radical (unpaired) electrons. The Bertz CT molecular complexity index is 1410. The third-order valence-electron chi connectivity index (χ3n) is 5.60. The summed E-state index contributed by atoms with van der Waals surface area (Å²) < 4.78 is 26.0. The van der Waals surface area contributed by atoms with E-state index in [-0.39, 0.29) is 22.5 Å². The molecule has 9 heteroatoms. The number of hydrogen-bond donors (Lipinski definition) is 1. The van der Waals surface area contributed by atoms with Crippen LogP contribution >= 0.6 is 24.0 Å². The zero-order chi connectivity index (χ0) is 26.5. The molecule has 1 fully saturated rings. The van der Waals surface area contributed by atoms with Crippen LogP contribution in [0.1, 0.15) is 23.6 Å². The topological polar surface area (TPSA) is 67.9 Å². The van der Waals surface area contributed by atoms with Gasteiger partial charge in [-0.25, -0.2) is 4.39 Å². The predicted molar refractivity (Wildman–Crippen MR) is 150 cm³/mol. The molecule has 0 spiro atoms. The van der Waals surface area contributed by atoms with Gasteiger partial charge in [-0.15, -0.1) is 0 Å². The van der Waals surface area contributed by atoms with Crippen LogP contribution in [0.3, 0.4) is 0 Å². The summed E-state index contributed by atoms with van der Waals surface area (Å²) in [5.74, 6) is -0.400. The molecule has 0 saturated carbocycles. The van der Waals surface area contributed by atoms with Gasteiger partial charge in [-0.3, -0.25) is 14.5 Å². The highest BCUT2D eigenvalue weighted by atomic mass is 32.2. The molecule has 1 saturated heterocycles. The van der Waals surface area contributed by atoms with Crippen molar-refractivity contribution < 1.29 is 23.5 Å². The molecule has 3 aromatic carbocycles. The molecule has 1 N–H and O–H groups in total. The molecule has 0 bridgehead atoms. The van der Waals surface area contributed by atoms with E-state index < -0.39 is 11.7 Å². The number of anilines is 2. The van der Waals surface area contributed by atoms with E-state index in [0.717, 1.165) is 22.9 Å². The van der Waals surface area contributed by atoms with Crippen LogP contribution < -0.4 is 19.7 Å². The van der Waals surface area contributed by atoms with Gasteiger partial charge in [0.2, 0.25) is 0 Å². The molecule has 2 amide bonds. The predicted octanol–water partition coefficient (Wildman–Crippen LogP) is 6.26. The van der Waals surface area contributed by atoms with Crippen molar-refractivity contribution in [3.8, 4) is 11.5 Å². The second kappa shape index (κ2) is 11.6. The Labute approximate surface area is 224 Å². The monoisotopic (exact) mass is 536 g/mol. The molecule has 0 unspecified atom stereocenters. The van der Waals surface area contributed by atoms with Crippen molar-refractivity contribution in [3.05, 3.63) is 88.1 Å². The molecule has 190 valence electrons. The van der Waals surface area contributed by atoms with Crippen LogP contribution in [0, 0.1) is 19.7 Å². The highest BCUT2D eigenvalue weighted by Crippen LogP contribution is 2.38. The van der Waals surface area contributed by atoms with Gasteiger partial charge in [0, 0.05) is 5.69 Å². The number of thiocarbonyl (C=S) groups is 1. The summed E-state index contributed by atoms with van der Waals surface area (Å²) >= 11 is 6.44. The Balaban J connectivity index is 1.48. The van der Waals surface area contributed by atoms with Crippen LogP contribution in [0.25, 0.3) is 6.08 Å². The minimum absolute atomic E-state index is 0.117. The molecule has 37 heavy (non-hydrogen) atoms. The fraction of sp³-hybridized carbons (Fsp3) is 0.179. The standard InChI is InChI=1S/C28H25FN2O4S2/c1-4-34-24-14-19(15-25-27(33)31(28(36)37-25)22-8-6-5-7-21(22)29)10-12-23(24)35-16-26(32)30-20-11-9-17(2)18(3)13-20/h5-15H,4,16H2,1-3H3,(H,30,32)/b25-15-. The summed E-state index contributed by atoms with van der Waals surface area (Å²) in [5.41, 5.74) is 3.71. The number of nitrogens with one attached hydrogen (secondary N) is 1. The Kier molecular flexibility index (Phi) is 8.25. The number of carbonyl (C=O) groups excluding carboxylic acids is 2. The van der Waals surface area contributed by atoms with Gasteiger partial charge in [-0.2, -0.15) is 0 Å². The first-order valence-electron chi connectivity index (χ1n) is 11.6. The zero-order valence-electron chi connectivity index (χ0n) is 20.5. The number of halogens is 1. The van der Waals surface area contributed by atoms with Gasteiger partial charge in [0.1, 0.15) is 5.82 Å². The summed E-state index contributed by atoms with van der Waals surface area (Å²) in [6, 6.07) is 16.8. The number of amides is 2. The largest absolute Gasteiger partial charge is 0.490 e. The lowest BCUT2D eigenvalue weighted by molar-refractivity contribution is -0.118. The van der Waals surface area contributed by atoms with Crippen LogP contribution in [0.2, 0.25) is 0 Å². The number of carbonyl (C=O) groups is 2. The van der Waals surface area contributed by atoms with Crippen molar-refractivity contribution in [2.45, 2.75) is 20.8 Å². The van der Waals surface area contributed by atoms with E-state index in [1.54, 1.807) is 36.4 Å². The molecule has 4 rings (SSSR count). The molecule has 1 aliphatic heterocycles. The SMILES string of the molecule is CCOc1cc(/C=C2\SC(=S)N(c3ccccc3F)C2=O)ccc1OCC(=O)Nc1ccc(C)c(C)c1. The number of rotatable bonds is 8. The van der Waals surface area contributed by atoms with Crippen LogP contribution in [0.4, 0.5) is 15.8 Å². The van der Waals surface area contributed by atoms with Crippen LogP contribution in [0.5, 0.6) is 11.5 Å². The average Bonchev–Trinajstić information content (AvgIpc) is 3.14. The molecule has 1 aliphatic rings. The molecular formula is C28H25FN2O4S2. The summed E-state index contributed by atoms with van der Waals surface area (Å²) in [5, 5.41) is 2.82. The normalized spacial score (nSPS) is 14.3. The number of benzene rings is 3. The summed E-state index contributed by atoms with van der Waals surface area (Å²) in [6.45, 7) is 6.00. The van der Waals surface area contributed by atoms with Crippen LogP contribution in [-0.2, 0) is 9.59 Å². The van der Waals surface area contributed by atoms with E-state index in [1.807, 2.05) is 39.0 Å². The summed E-state index contributed by atoms with van der Waals surface area (Å²) in [7, 11) is 0. The number of para-hydroxylation sites is 1. The quantitative estimate of drug-likeness (QED) is 0.271. The third kappa shape index (κ3) is 6.18. The maximum Gasteiger partial charge on any atom is 0.270 e. The maximum absolute atomic E-state index is 14.3. The number of ether oxygens (including phenoxy) is 2. The van der Waals surface area contributed by atoms with Crippen LogP contribution in [-0.4, -0.2) is 29.3 Å². The maximum atomic E-state index is 14.3. The second-order valence-corrected chi connectivity index (χ2v) is 9.92. The highest BCUT2D eigenvalue weighted by molar-refractivity contribution is 8.27. The van der Waals surface area contributed by atoms with E-state index in [1.165, 1.54) is 17.0 Å². The molecule has 0 atom stereocenters. The summed E-state index contributed by atoms with van der Waals surface area (Å²) in [4.78, 5) is 27.0. The molecule has 1 heterocycles. The lowest BCUT2D eigenvalue weighted by atomic mass is 10.1. The minimum Gasteiger partial charge on any atom is -0.490 e. The van der Waals surface area contributed by atoms with Crippen molar-refractivity contribution in [2.24, 2.45) is 0 Å². The van der Waals surface area contributed by atoms with Gasteiger partial charge < -0.3 is 14.8 Å². The fourth-order valence-electron chi connectivity index (χ4n) is 3.62. The first-order valence-corrected chi connectivity index (χ1v) is 12.8. The zero-order valence-corrected chi connectivity index (χ0v) is 22.2. The van der Waals surface area contributed by atoms with Crippen molar-refractivity contribution in [2.75, 3.05) is 23.4 Å². The Hall–Kier alpha value is -3.69. The van der Waals surface area contributed by atoms with Crippen molar-refractivity contribution in [1.29, 1.82) is 0 Å². The third-order valence-corrected chi connectivity index (χ3v) is 6.90. The van der Waals surface area contributed by atoms with Crippen LogP contribution in [0.15, 0.2) is 65.6 Å². The molecule has 3 aromatic rings. The van der Waals surface area contributed by atoms with Gasteiger partial charge in [0.05, 0.1) is 17.2 Å². The molecular weight excluding hydrogens is 511 g/mol. The minimum atomic E-state index is -0.526. The average molecular weight is 537 g/mol. The molecule has 6 nitrogen and oxygen atoms in total. The lowest BCUT2D eigenvalue weighted by Crippen LogP contribution is -2.28. The van der Waals surface area contributed by atoms with E-state index in [9.17, 15) is 14.0 Å². The number of aryl methyl sites for hydroxylation is 2. The summed E-state index contributed by atoms with van der Waals surface area (Å²) in [6.07, 6.45) is 1.67. The smallest absolute Gasteiger partial charge is 0.270 e. The fourth-order valence-corrected chi connectivity index (χ4v) is 4.91. The van der Waals surface area contributed by atoms with Gasteiger partial charge >= 0.3 is 0 Å². The van der Waals surface area contributed by atoms with Crippen molar-refractivity contribution in [3.63, 3.8) is 0 Å². The van der Waals surface area contributed by atoms with E-state index >= 15 is 0 Å². The number of thioether (sulfide) groups is 1. The van der Waals surface area contributed by atoms with Gasteiger partial charge in [0.15, 0.2) is 22.4 Å². The first-order chi connectivity index (χ1) is 17.8. The second-order valence-electron chi connectivity index (χ2n) is 8.24. The highest BCUT2D eigenvalue weighted by Gasteiger charge is 2.34. The first kappa shape index (κ1) is 26.4. The van der Waals surface area contributed by atoms with E-state index in [4.69, 9.17) is 21.7 Å². The Morgan fingerprint density at radius 1 is 1.05 bits per heavy atom. The number of hydrogen-bond acceptors (Lipinski definition) is 6. The van der Waals surface area contributed by atoms with E-state index in [0.29, 0.717) is 34.3 Å². The Morgan fingerprint density at radius 3 is 2.57 bits per heavy atom. The van der Waals surface area contributed by atoms with Gasteiger partial charge in [-0.1, -0.05) is 48.2 Å². The van der Waals surface area contributed by atoms with Gasteiger partial charge in [0.25, 0.3) is 11.8 Å². The molecule has 0 aliphatic carbocycles. The number of nitrogens with zero attached hydrogens (tertiary/aromatic N) is 1. The van der Waals surface area contributed by atoms with E-state index in [2.05, 4.69) is 5.32 Å². The lowest BCUT2D eigenvalue weighted by Gasteiger charge is -2.15. The Morgan fingerprint density at radius 2 is 1.84 bits per heavy atom. The van der Waals surface area contributed by atoms with Crippen molar-refractivity contribution >= 4 is 57.6 Å².